The van der Waals surface area contributed by atoms with Crippen LogP contribution >= 0.6 is 0 Å². The number of carboxylic acids is 1. The van der Waals surface area contributed by atoms with Crippen molar-refractivity contribution in [1.29, 1.82) is 0 Å². The molecule has 0 atom stereocenters. The number of carbonyl (C=O) groups is 2. The van der Waals surface area contributed by atoms with E-state index in [4.69, 9.17) is 5.11 Å². The third kappa shape index (κ3) is 2.25. The number of hydrogen-bond acceptors (Lipinski definition) is 4. The highest BCUT2D eigenvalue weighted by molar-refractivity contribution is 6.36. The number of aliphatic carboxylic acids is 1. The van der Waals surface area contributed by atoms with Gasteiger partial charge in [-0.05, 0) is 12.1 Å². The Hall–Kier alpha value is -2.70. The molecule has 0 aliphatic carbocycles. The van der Waals surface area contributed by atoms with Crippen LogP contribution in [0.2, 0.25) is 0 Å². The number of carboxylic acid groups (broad SMARTS) is 1. The zero-order valence-electron chi connectivity index (χ0n) is 10.6. The Morgan fingerprint density at radius 2 is 2.20 bits per heavy atom. The van der Waals surface area contributed by atoms with E-state index >= 15 is 0 Å². The molecule has 1 amide bonds. The van der Waals surface area contributed by atoms with E-state index in [2.05, 4.69) is 10.1 Å². The van der Waals surface area contributed by atoms with Crippen LogP contribution < -0.4 is 0 Å². The molecule has 1 N–H and O–H groups in total. The first-order valence-corrected chi connectivity index (χ1v) is 6.17. The number of rotatable bonds is 3. The molecular formula is C13H12N4O3. The number of hydrogen-bond donors (Lipinski definition) is 1. The molecule has 0 radical (unpaired) electrons. The van der Waals surface area contributed by atoms with E-state index in [-0.39, 0.29) is 31.0 Å². The van der Waals surface area contributed by atoms with Crippen molar-refractivity contribution in [3.8, 4) is 0 Å². The zero-order chi connectivity index (χ0) is 14.1. The fraction of sp³-hybridized carbons (Fsp3) is 0.231. The van der Waals surface area contributed by atoms with Gasteiger partial charge in [-0.1, -0.05) is 6.07 Å². The summed E-state index contributed by atoms with van der Waals surface area (Å²) in [7, 11) is 0. The highest BCUT2D eigenvalue weighted by atomic mass is 16.4. The molecule has 7 nitrogen and oxygen atoms in total. The standard InChI is InChI=1S/C13H12N4O3/c18-12-5-4-10(13(19)20)15-17(12)8-9-7-16-6-2-1-3-11(16)14-9/h1-3,6-7H,4-5,8H2,(H,19,20). The fourth-order valence-electron chi connectivity index (χ4n) is 2.10. The summed E-state index contributed by atoms with van der Waals surface area (Å²) in [5, 5.41) is 14.0. The Balaban J connectivity index is 1.87. The molecule has 0 spiro atoms. The average Bonchev–Trinajstić information content (AvgIpc) is 2.83. The molecule has 0 saturated carbocycles. The van der Waals surface area contributed by atoms with Crippen molar-refractivity contribution in [3.05, 3.63) is 36.3 Å². The van der Waals surface area contributed by atoms with Gasteiger partial charge in [-0.25, -0.2) is 14.8 Å². The summed E-state index contributed by atoms with van der Waals surface area (Å²) in [6.07, 6.45) is 4.00. The zero-order valence-corrected chi connectivity index (χ0v) is 10.6. The van der Waals surface area contributed by atoms with Crippen molar-refractivity contribution in [2.24, 2.45) is 5.10 Å². The molecule has 0 saturated heterocycles. The summed E-state index contributed by atoms with van der Waals surface area (Å²) < 4.78 is 1.84. The number of hydrazone groups is 1. The summed E-state index contributed by atoms with van der Waals surface area (Å²) in [4.78, 5) is 27.0. The van der Waals surface area contributed by atoms with Crippen molar-refractivity contribution in [3.63, 3.8) is 0 Å². The van der Waals surface area contributed by atoms with Gasteiger partial charge in [0.25, 0.3) is 0 Å². The quantitative estimate of drug-likeness (QED) is 0.899. The lowest BCUT2D eigenvalue weighted by atomic mass is 10.1. The first-order chi connectivity index (χ1) is 9.63. The largest absolute Gasteiger partial charge is 0.477 e. The van der Waals surface area contributed by atoms with Crippen molar-refractivity contribution < 1.29 is 14.7 Å². The summed E-state index contributed by atoms with van der Waals surface area (Å²) in [6.45, 7) is 0.178. The van der Waals surface area contributed by atoms with Gasteiger partial charge in [0.15, 0.2) is 0 Å². The van der Waals surface area contributed by atoms with Crippen LogP contribution in [-0.4, -0.2) is 37.1 Å². The molecule has 1 aliphatic rings. The van der Waals surface area contributed by atoms with Gasteiger partial charge < -0.3 is 9.51 Å². The molecule has 1 aliphatic heterocycles. The SMILES string of the molecule is O=C(O)C1=NN(Cc2cn3ccccc3n2)C(=O)CC1. The maximum absolute atomic E-state index is 11.8. The molecule has 0 unspecified atom stereocenters. The van der Waals surface area contributed by atoms with E-state index in [1.165, 1.54) is 5.01 Å². The van der Waals surface area contributed by atoms with Gasteiger partial charge in [-0.3, -0.25) is 4.79 Å². The normalized spacial score (nSPS) is 15.5. The van der Waals surface area contributed by atoms with Crippen LogP contribution in [0.25, 0.3) is 5.65 Å². The molecule has 0 aromatic carbocycles. The minimum Gasteiger partial charge on any atom is -0.477 e. The Labute approximate surface area is 114 Å². The van der Waals surface area contributed by atoms with Gasteiger partial charge >= 0.3 is 5.97 Å². The molecule has 0 bridgehead atoms. The second-order valence-electron chi connectivity index (χ2n) is 4.50. The lowest BCUT2D eigenvalue weighted by Crippen LogP contribution is -2.33. The Morgan fingerprint density at radius 3 is 2.95 bits per heavy atom. The van der Waals surface area contributed by atoms with Crippen molar-refractivity contribution >= 4 is 23.2 Å². The van der Waals surface area contributed by atoms with E-state index in [1.54, 1.807) is 6.20 Å². The second kappa shape index (κ2) is 4.76. The minimum absolute atomic E-state index is 0.00774. The first kappa shape index (κ1) is 12.3. The highest BCUT2D eigenvalue weighted by Gasteiger charge is 2.24. The fourth-order valence-corrected chi connectivity index (χ4v) is 2.10. The number of carbonyl (C=O) groups excluding carboxylic acids is 1. The van der Waals surface area contributed by atoms with Crippen molar-refractivity contribution in [2.75, 3.05) is 0 Å². The predicted molar refractivity (Wildman–Crippen MR) is 70.0 cm³/mol. The molecule has 3 rings (SSSR count). The number of aromatic nitrogens is 2. The van der Waals surface area contributed by atoms with Crippen LogP contribution in [0.1, 0.15) is 18.5 Å². The number of imidazole rings is 1. The van der Waals surface area contributed by atoms with Crippen LogP contribution in [0, 0.1) is 0 Å². The number of nitrogens with zero attached hydrogens (tertiary/aromatic N) is 4. The van der Waals surface area contributed by atoms with Crippen LogP contribution in [0.15, 0.2) is 35.7 Å². The van der Waals surface area contributed by atoms with E-state index in [9.17, 15) is 9.59 Å². The van der Waals surface area contributed by atoms with Crippen LogP contribution in [0.4, 0.5) is 0 Å². The summed E-state index contributed by atoms with van der Waals surface area (Å²) in [5.74, 6) is -1.27. The molecule has 3 heterocycles. The van der Waals surface area contributed by atoms with Crippen LogP contribution in [-0.2, 0) is 16.1 Å². The van der Waals surface area contributed by atoms with Gasteiger partial charge in [0.2, 0.25) is 5.91 Å². The van der Waals surface area contributed by atoms with E-state index in [0.29, 0.717) is 5.69 Å². The van der Waals surface area contributed by atoms with E-state index < -0.39 is 5.97 Å². The predicted octanol–water partition coefficient (Wildman–Crippen LogP) is 0.897. The topological polar surface area (TPSA) is 87.3 Å². The van der Waals surface area contributed by atoms with E-state index in [1.807, 2.05) is 28.8 Å². The molecule has 2 aromatic heterocycles. The molecule has 20 heavy (non-hydrogen) atoms. The first-order valence-electron chi connectivity index (χ1n) is 6.17. The van der Waals surface area contributed by atoms with Gasteiger partial charge in [-0.15, -0.1) is 0 Å². The average molecular weight is 272 g/mol. The van der Waals surface area contributed by atoms with Crippen molar-refractivity contribution in [2.45, 2.75) is 19.4 Å². The van der Waals surface area contributed by atoms with Crippen LogP contribution in [0.3, 0.4) is 0 Å². The van der Waals surface area contributed by atoms with Gasteiger partial charge in [0.05, 0.1) is 12.2 Å². The lowest BCUT2D eigenvalue weighted by Gasteiger charge is -2.21. The Bertz CT molecular complexity index is 686. The molecule has 2 aromatic rings. The molecule has 7 heteroatoms. The van der Waals surface area contributed by atoms with Crippen molar-refractivity contribution in [1.82, 2.24) is 14.4 Å². The smallest absolute Gasteiger partial charge is 0.352 e. The Morgan fingerprint density at radius 1 is 1.35 bits per heavy atom. The molecule has 0 fully saturated rings. The third-order valence-corrected chi connectivity index (χ3v) is 3.08. The monoisotopic (exact) mass is 272 g/mol. The highest BCUT2D eigenvalue weighted by Crippen LogP contribution is 2.14. The minimum atomic E-state index is -1.09. The maximum Gasteiger partial charge on any atom is 0.352 e. The van der Waals surface area contributed by atoms with E-state index in [0.717, 1.165) is 5.65 Å². The summed E-state index contributed by atoms with van der Waals surface area (Å²) in [6, 6.07) is 5.61. The second-order valence-corrected chi connectivity index (χ2v) is 4.50. The van der Waals surface area contributed by atoms with Gasteiger partial charge in [-0.2, -0.15) is 5.10 Å². The number of amides is 1. The third-order valence-electron chi connectivity index (χ3n) is 3.08. The summed E-state index contributed by atoms with van der Waals surface area (Å²) >= 11 is 0. The number of pyridine rings is 1. The maximum atomic E-state index is 11.8. The van der Waals surface area contributed by atoms with Crippen LogP contribution in [0.5, 0.6) is 0 Å². The summed E-state index contributed by atoms with van der Waals surface area (Å²) in [5.41, 5.74) is 1.45. The Kier molecular flexibility index (Phi) is 2.94. The molecule has 102 valence electrons. The number of fused-ring (bicyclic) bond motifs is 1. The molecular weight excluding hydrogens is 260 g/mol. The van der Waals surface area contributed by atoms with Gasteiger partial charge in [0.1, 0.15) is 11.4 Å². The van der Waals surface area contributed by atoms with Gasteiger partial charge in [0, 0.05) is 25.2 Å². The lowest BCUT2D eigenvalue weighted by molar-refractivity contribution is -0.133.